The second-order valence-electron chi connectivity index (χ2n) is 5.41. The van der Waals surface area contributed by atoms with Gasteiger partial charge in [-0.15, -0.1) is 0 Å². The Hall–Kier alpha value is -2.03. The maximum atomic E-state index is 13.2. The highest BCUT2D eigenvalue weighted by atomic mass is 32.2. The van der Waals surface area contributed by atoms with Crippen LogP contribution < -0.4 is 9.46 Å². The smallest absolute Gasteiger partial charge is 0.240 e. The van der Waals surface area contributed by atoms with Crippen LogP contribution >= 0.6 is 0 Å². The molecule has 0 fully saturated rings. The van der Waals surface area contributed by atoms with Crippen molar-refractivity contribution < 1.29 is 27.0 Å². The molecule has 2 aromatic carbocycles. The van der Waals surface area contributed by atoms with Crippen molar-refractivity contribution in [2.75, 3.05) is 13.2 Å². The van der Waals surface area contributed by atoms with E-state index in [0.717, 1.165) is 29.9 Å². The molecule has 1 heterocycles. The van der Waals surface area contributed by atoms with Crippen molar-refractivity contribution in [2.45, 2.75) is 17.4 Å². The molecule has 0 aromatic heterocycles. The van der Waals surface area contributed by atoms with Gasteiger partial charge in [0.05, 0.1) is 17.6 Å². The lowest BCUT2D eigenvalue weighted by atomic mass is 10.0. The molecule has 0 saturated carbocycles. The van der Waals surface area contributed by atoms with Crippen LogP contribution in [0, 0.1) is 11.6 Å². The number of rotatable bonds is 5. The number of hydrogen-bond acceptors (Lipinski definition) is 4. The minimum absolute atomic E-state index is 0.291. The van der Waals surface area contributed by atoms with E-state index in [0.29, 0.717) is 18.2 Å². The number of aliphatic hydroxyl groups excluding tert-OH is 1. The van der Waals surface area contributed by atoms with Gasteiger partial charge in [0.25, 0.3) is 0 Å². The summed E-state index contributed by atoms with van der Waals surface area (Å²) < 4.78 is 57.8. The predicted octanol–water partition coefficient (Wildman–Crippen LogP) is 1.91. The fourth-order valence-electron chi connectivity index (χ4n) is 2.45. The molecule has 24 heavy (non-hydrogen) atoms. The van der Waals surface area contributed by atoms with Crippen molar-refractivity contribution >= 4 is 10.0 Å². The number of ether oxygens (including phenoxy) is 1. The SMILES string of the molecule is O=S(=O)(NCC(O)c1ccc2c(c1)CCO2)c1ccc(F)c(F)c1. The largest absolute Gasteiger partial charge is 0.493 e. The van der Waals surface area contributed by atoms with Gasteiger partial charge in [-0.05, 0) is 41.5 Å². The lowest BCUT2D eigenvalue weighted by Gasteiger charge is -2.14. The molecule has 0 amide bonds. The van der Waals surface area contributed by atoms with Gasteiger partial charge in [-0.25, -0.2) is 21.9 Å². The van der Waals surface area contributed by atoms with Crippen LogP contribution in [-0.4, -0.2) is 26.7 Å². The zero-order valence-electron chi connectivity index (χ0n) is 12.5. The Morgan fingerprint density at radius 1 is 1.17 bits per heavy atom. The molecular formula is C16H15F2NO4S. The molecule has 0 spiro atoms. The highest BCUT2D eigenvalue weighted by molar-refractivity contribution is 7.89. The Morgan fingerprint density at radius 2 is 1.96 bits per heavy atom. The van der Waals surface area contributed by atoms with Crippen molar-refractivity contribution in [2.24, 2.45) is 0 Å². The summed E-state index contributed by atoms with van der Waals surface area (Å²) in [7, 11) is -4.06. The van der Waals surface area contributed by atoms with E-state index in [-0.39, 0.29) is 6.54 Å². The van der Waals surface area contributed by atoms with Gasteiger partial charge in [-0.1, -0.05) is 6.07 Å². The quantitative estimate of drug-likeness (QED) is 0.859. The van der Waals surface area contributed by atoms with Crippen LogP contribution in [0.2, 0.25) is 0 Å². The van der Waals surface area contributed by atoms with E-state index in [9.17, 15) is 22.3 Å². The van der Waals surface area contributed by atoms with Crippen LogP contribution in [0.4, 0.5) is 8.78 Å². The summed E-state index contributed by atoms with van der Waals surface area (Å²) in [6.07, 6.45) is -0.341. The number of sulfonamides is 1. The van der Waals surface area contributed by atoms with Crippen molar-refractivity contribution in [3.05, 3.63) is 59.2 Å². The molecule has 0 saturated heterocycles. The fourth-order valence-corrected chi connectivity index (χ4v) is 3.50. The van der Waals surface area contributed by atoms with E-state index in [1.54, 1.807) is 18.2 Å². The van der Waals surface area contributed by atoms with Crippen LogP contribution in [0.1, 0.15) is 17.2 Å². The summed E-state index contributed by atoms with van der Waals surface area (Å²) in [5.74, 6) is -1.63. The first-order valence-electron chi connectivity index (χ1n) is 7.25. The monoisotopic (exact) mass is 355 g/mol. The van der Waals surface area contributed by atoms with Crippen molar-refractivity contribution in [1.29, 1.82) is 0 Å². The average Bonchev–Trinajstić information content (AvgIpc) is 3.02. The summed E-state index contributed by atoms with van der Waals surface area (Å²) >= 11 is 0. The van der Waals surface area contributed by atoms with Gasteiger partial charge in [0.1, 0.15) is 5.75 Å². The summed E-state index contributed by atoms with van der Waals surface area (Å²) in [4.78, 5) is -0.407. The fraction of sp³-hybridized carbons (Fsp3) is 0.250. The van der Waals surface area contributed by atoms with Gasteiger partial charge in [-0.2, -0.15) is 0 Å². The molecule has 0 radical (unpaired) electrons. The number of benzene rings is 2. The van der Waals surface area contributed by atoms with Crippen LogP contribution in [0.15, 0.2) is 41.3 Å². The van der Waals surface area contributed by atoms with E-state index in [1.165, 1.54) is 0 Å². The second kappa shape index (κ2) is 6.46. The van der Waals surface area contributed by atoms with Crippen molar-refractivity contribution in [3.8, 4) is 5.75 Å². The predicted molar refractivity (Wildman–Crippen MR) is 82.1 cm³/mol. The number of aliphatic hydroxyl groups is 1. The van der Waals surface area contributed by atoms with Crippen LogP contribution in [0.25, 0.3) is 0 Å². The van der Waals surface area contributed by atoms with E-state index in [1.807, 2.05) is 0 Å². The van der Waals surface area contributed by atoms with Gasteiger partial charge in [0, 0.05) is 13.0 Å². The van der Waals surface area contributed by atoms with Gasteiger partial charge in [0.15, 0.2) is 11.6 Å². The number of nitrogens with one attached hydrogen (secondary N) is 1. The second-order valence-corrected chi connectivity index (χ2v) is 7.18. The van der Waals surface area contributed by atoms with Gasteiger partial charge in [0.2, 0.25) is 10.0 Å². The third-order valence-corrected chi connectivity index (χ3v) is 5.19. The lowest BCUT2D eigenvalue weighted by molar-refractivity contribution is 0.182. The Morgan fingerprint density at radius 3 is 2.71 bits per heavy atom. The van der Waals surface area contributed by atoms with Crippen LogP contribution in [0.3, 0.4) is 0 Å². The third-order valence-electron chi connectivity index (χ3n) is 3.77. The molecule has 1 aliphatic rings. The van der Waals surface area contributed by atoms with E-state index < -0.39 is 32.7 Å². The summed E-state index contributed by atoms with van der Waals surface area (Å²) in [6.45, 7) is 0.290. The normalized spacial score (nSPS) is 15.0. The van der Waals surface area contributed by atoms with Gasteiger partial charge >= 0.3 is 0 Å². The van der Waals surface area contributed by atoms with E-state index >= 15 is 0 Å². The minimum Gasteiger partial charge on any atom is -0.493 e. The highest BCUT2D eigenvalue weighted by Crippen LogP contribution is 2.28. The molecule has 128 valence electrons. The molecule has 0 aliphatic carbocycles. The highest BCUT2D eigenvalue weighted by Gasteiger charge is 2.20. The molecule has 5 nitrogen and oxygen atoms in total. The molecule has 1 unspecified atom stereocenters. The molecule has 1 atom stereocenters. The maximum absolute atomic E-state index is 13.2. The molecule has 2 aromatic rings. The first-order chi connectivity index (χ1) is 11.4. The summed E-state index contributed by atoms with van der Waals surface area (Å²) in [5.41, 5.74) is 1.50. The van der Waals surface area contributed by atoms with Crippen LogP contribution in [0.5, 0.6) is 5.75 Å². The Kier molecular flexibility index (Phi) is 4.53. The molecular weight excluding hydrogens is 340 g/mol. The lowest BCUT2D eigenvalue weighted by Crippen LogP contribution is -2.28. The Balaban J connectivity index is 1.71. The zero-order chi connectivity index (χ0) is 17.3. The maximum Gasteiger partial charge on any atom is 0.240 e. The van der Waals surface area contributed by atoms with Crippen molar-refractivity contribution in [1.82, 2.24) is 4.72 Å². The topological polar surface area (TPSA) is 75.6 Å². The first kappa shape index (κ1) is 16.8. The molecule has 3 rings (SSSR count). The molecule has 8 heteroatoms. The zero-order valence-corrected chi connectivity index (χ0v) is 13.3. The van der Waals surface area contributed by atoms with Gasteiger partial charge < -0.3 is 9.84 Å². The number of hydrogen-bond donors (Lipinski definition) is 2. The van der Waals surface area contributed by atoms with E-state index in [2.05, 4.69) is 4.72 Å². The average molecular weight is 355 g/mol. The first-order valence-corrected chi connectivity index (χ1v) is 8.73. The van der Waals surface area contributed by atoms with E-state index in [4.69, 9.17) is 4.74 Å². The Labute approximate surface area is 137 Å². The van der Waals surface area contributed by atoms with Gasteiger partial charge in [-0.3, -0.25) is 0 Å². The van der Waals surface area contributed by atoms with Crippen LogP contribution in [-0.2, 0) is 16.4 Å². The third kappa shape index (κ3) is 3.40. The molecule has 0 bridgehead atoms. The summed E-state index contributed by atoms with van der Waals surface area (Å²) in [5, 5.41) is 10.2. The molecule has 1 aliphatic heterocycles. The van der Waals surface area contributed by atoms with Crippen molar-refractivity contribution in [3.63, 3.8) is 0 Å². The summed E-state index contributed by atoms with van der Waals surface area (Å²) in [6, 6.07) is 7.43. The molecule has 2 N–H and O–H groups in total. The number of fused-ring (bicyclic) bond motifs is 1. The standard InChI is InChI=1S/C16H15F2NO4S/c17-13-3-2-12(8-14(13)18)24(21,22)19-9-15(20)10-1-4-16-11(7-10)5-6-23-16/h1-4,7-8,15,19-20H,5-6,9H2. The Bertz CT molecular complexity index is 870. The number of halogens is 2. The minimum atomic E-state index is -4.06.